The minimum Gasteiger partial charge on any atom is -0.394 e. The average Bonchev–Trinajstić information content (AvgIpc) is 2.85. The number of benzene rings is 1. The van der Waals surface area contributed by atoms with Gasteiger partial charge in [-0.3, -0.25) is 0 Å². The van der Waals surface area contributed by atoms with Gasteiger partial charge in [0.05, 0.1) is 6.61 Å². The molecular formula is C15H22ClNO. The smallest absolute Gasteiger partial charge is 0.0613 e. The van der Waals surface area contributed by atoms with E-state index in [2.05, 4.69) is 12.2 Å². The van der Waals surface area contributed by atoms with Gasteiger partial charge in [0.15, 0.2) is 0 Å². The molecule has 2 rings (SSSR count). The van der Waals surface area contributed by atoms with Crippen LogP contribution in [0.2, 0.25) is 5.02 Å². The van der Waals surface area contributed by atoms with Gasteiger partial charge in [-0.25, -0.2) is 0 Å². The Kier molecular flexibility index (Phi) is 4.66. The van der Waals surface area contributed by atoms with Gasteiger partial charge in [0.1, 0.15) is 0 Å². The minimum absolute atomic E-state index is 0.159. The molecule has 0 spiro atoms. The fraction of sp³-hybridized carbons (Fsp3) is 0.600. The van der Waals surface area contributed by atoms with Crippen molar-refractivity contribution in [1.29, 1.82) is 0 Å². The van der Waals surface area contributed by atoms with Crippen LogP contribution in [0.5, 0.6) is 0 Å². The molecule has 0 aromatic heterocycles. The second-order valence-electron chi connectivity index (χ2n) is 5.65. The first kappa shape index (κ1) is 13.9. The third-order valence-electron chi connectivity index (χ3n) is 3.76. The van der Waals surface area contributed by atoms with Crippen LogP contribution in [0.15, 0.2) is 24.3 Å². The van der Waals surface area contributed by atoms with E-state index in [9.17, 15) is 5.11 Å². The van der Waals surface area contributed by atoms with E-state index in [4.69, 9.17) is 11.6 Å². The van der Waals surface area contributed by atoms with E-state index in [0.29, 0.717) is 6.04 Å². The zero-order chi connectivity index (χ0) is 13.0. The molecule has 1 aromatic rings. The van der Waals surface area contributed by atoms with Crippen LogP contribution < -0.4 is 5.32 Å². The summed E-state index contributed by atoms with van der Waals surface area (Å²) >= 11 is 5.89. The Morgan fingerprint density at radius 2 is 1.89 bits per heavy atom. The SMILES string of the molecule is CC(CO)(Cc1ccc(Cl)cc1)NC1CCCC1. The Labute approximate surface area is 114 Å². The number of hydrogen-bond acceptors (Lipinski definition) is 2. The molecule has 1 unspecified atom stereocenters. The number of aliphatic hydroxyl groups excluding tert-OH is 1. The average molecular weight is 268 g/mol. The summed E-state index contributed by atoms with van der Waals surface area (Å²) in [7, 11) is 0. The zero-order valence-electron chi connectivity index (χ0n) is 11.0. The molecule has 0 bridgehead atoms. The summed E-state index contributed by atoms with van der Waals surface area (Å²) in [5.74, 6) is 0. The molecular weight excluding hydrogens is 246 g/mol. The molecule has 18 heavy (non-hydrogen) atoms. The normalized spacial score (nSPS) is 19.9. The zero-order valence-corrected chi connectivity index (χ0v) is 11.7. The summed E-state index contributed by atoms with van der Waals surface area (Å²) in [6, 6.07) is 8.45. The maximum atomic E-state index is 9.67. The highest BCUT2D eigenvalue weighted by atomic mass is 35.5. The van der Waals surface area contributed by atoms with E-state index in [1.54, 1.807) is 0 Å². The van der Waals surface area contributed by atoms with Crippen LogP contribution >= 0.6 is 11.6 Å². The summed E-state index contributed by atoms with van der Waals surface area (Å²) in [5.41, 5.74) is 0.976. The molecule has 2 N–H and O–H groups in total. The molecule has 2 nitrogen and oxygen atoms in total. The number of nitrogens with one attached hydrogen (secondary N) is 1. The molecule has 1 aliphatic rings. The van der Waals surface area contributed by atoms with E-state index in [1.165, 1.54) is 31.2 Å². The Morgan fingerprint density at radius 3 is 2.44 bits per heavy atom. The first-order valence-corrected chi connectivity index (χ1v) is 7.12. The maximum absolute atomic E-state index is 9.67. The van der Waals surface area contributed by atoms with Gasteiger partial charge in [-0.15, -0.1) is 0 Å². The Morgan fingerprint density at radius 1 is 1.28 bits per heavy atom. The topological polar surface area (TPSA) is 32.3 Å². The number of hydrogen-bond donors (Lipinski definition) is 2. The summed E-state index contributed by atoms with van der Waals surface area (Å²) in [4.78, 5) is 0. The monoisotopic (exact) mass is 267 g/mol. The van der Waals surface area contributed by atoms with Crippen molar-refractivity contribution in [3.63, 3.8) is 0 Å². The Bertz CT molecular complexity index is 373. The molecule has 0 saturated heterocycles. The maximum Gasteiger partial charge on any atom is 0.0613 e. The molecule has 1 aromatic carbocycles. The Balaban J connectivity index is 1.99. The summed E-state index contributed by atoms with van der Waals surface area (Å²) in [6.07, 6.45) is 5.91. The van der Waals surface area contributed by atoms with Crippen molar-refractivity contribution in [3.05, 3.63) is 34.9 Å². The lowest BCUT2D eigenvalue weighted by Crippen LogP contribution is -2.51. The van der Waals surface area contributed by atoms with Crippen LogP contribution in [0.4, 0.5) is 0 Å². The lowest BCUT2D eigenvalue weighted by Gasteiger charge is -2.32. The van der Waals surface area contributed by atoms with Crippen molar-refractivity contribution in [2.45, 2.75) is 50.6 Å². The largest absolute Gasteiger partial charge is 0.394 e. The molecule has 0 amide bonds. The van der Waals surface area contributed by atoms with Crippen LogP contribution in [0, 0.1) is 0 Å². The molecule has 0 heterocycles. The van der Waals surface area contributed by atoms with E-state index >= 15 is 0 Å². The lowest BCUT2D eigenvalue weighted by molar-refractivity contribution is 0.160. The van der Waals surface area contributed by atoms with E-state index in [0.717, 1.165) is 11.4 Å². The first-order valence-electron chi connectivity index (χ1n) is 6.74. The quantitative estimate of drug-likeness (QED) is 0.859. The van der Waals surface area contributed by atoms with Gasteiger partial charge in [0, 0.05) is 16.6 Å². The van der Waals surface area contributed by atoms with Gasteiger partial charge in [-0.2, -0.15) is 0 Å². The fourth-order valence-corrected chi connectivity index (χ4v) is 2.89. The Hall–Kier alpha value is -0.570. The van der Waals surface area contributed by atoms with Gasteiger partial charge < -0.3 is 10.4 Å². The van der Waals surface area contributed by atoms with Gasteiger partial charge in [-0.05, 0) is 43.9 Å². The van der Waals surface area contributed by atoms with Crippen molar-refractivity contribution >= 4 is 11.6 Å². The van der Waals surface area contributed by atoms with Crippen molar-refractivity contribution in [2.75, 3.05) is 6.61 Å². The first-order chi connectivity index (χ1) is 8.61. The van der Waals surface area contributed by atoms with Crippen molar-refractivity contribution in [1.82, 2.24) is 5.32 Å². The van der Waals surface area contributed by atoms with Crippen molar-refractivity contribution in [3.8, 4) is 0 Å². The highest BCUT2D eigenvalue weighted by molar-refractivity contribution is 6.30. The van der Waals surface area contributed by atoms with E-state index < -0.39 is 0 Å². The van der Waals surface area contributed by atoms with Crippen LogP contribution in [-0.4, -0.2) is 23.3 Å². The van der Waals surface area contributed by atoms with Gasteiger partial charge in [0.2, 0.25) is 0 Å². The second-order valence-corrected chi connectivity index (χ2v) is 6.08. The van der Waals surface area contributed by atoms with Crippen LogP contribution in [-0.2, 0) is 6.42 Å². The van der Waals surface area contributed by atoms with Crippen LogP contribution in [0.25, 0.3) is 0 Å². The molecule has 1 saturated carbocycles. The number of aliphatic hydroxyl groups is 1. The molecule has 3 heteroatoms. The second kappa shape index (κ2) is 6.05. The van der Waals surface area contributed by atoms with Gasteiger partial charge >= 0.3 is 0 Å². The molecule has 1 aliphatic carbocycles. The van der Waals surface area contributed by atoms with Gasteiger partial charge in [-0.1, -0.05) is 36.6 Å². The lowest BCUT2D eigenvalue weighted by atomic mass is 9.92. The predicted octanol–water partition coefficient (Wildman–Crippen LogP) is 3.17. The number of halogens is 1. The van der Waals surface area contributed by atoms with E-state index in [1.807, 2.05) is 24.3 Å². The van der Waals surface area contributed by atoms with Crippen LogP contribution in [0.1, 0.15) is 38.2 Å². The summed E-state index contributed by atoms with van der Waals surface area (Å²) in [5, 5.41) is 14.1. The minimum atomic E-state index is -0.233. The van der Waals surface area contributed by atoms with E-state index in [-0.39, 0.29) is 12.1 Å². The standard InChI is InChI=1S/C15H22ClNO/c1-15(11-18,17-14-4-2-3-5-14)10-12-6-8-13(16)9-7-12/h6-9,14,17-18H,2-5,10-11H2,1H3. The highest BCUT2D eigenvalue weighted by Gasteiger charge is 2.28. The van der Waals surface area contributed by atoms with Gasteiger partial charge in [0.25, 0.3) is 0 Å². The fourth-order valence-electron chi connectivity index (χ4n) is 2.77. The summed E-state index contributed by atoms with van der Waals surface area (Å²) < 4.78 is 0. The van der Waals surface area contributed by atoms with Crippen LogP contribution in [0.3, 0.4) is 0 Å². The number of rotatable bonds is 5. The molecule has 1 fully saturated rings. The molecule has 100 valence electrons. The third-order valence-corrected chi connectivity index (χ3v) is 4.02. The molecule has 1 atom stereocenters. The van der Waals surface area contributed by atoms with Crippen molar-refractivity contribution in [2.24, 2.45) is 0 Å². The highest BCUT2D eigenvalue weighted by Crippen LogP contribution is 2.22. The van der Waals surface area contributed by atoms with Crippen molar-refractivity contribution < 1.29 is 5.11 Å². The molecule has 0 radical (unpaired) electrons. The predicted molar refractivity (Wildman–Crippen MR) is 76.0 cm³/mol. The third kappa shape index (κ3) is 3.71. The summed E-state index contributed by atoms with van der Waals surface area (Å²) in [6.45, 7) is 2.26. The molecule has 0 aliphatic heterocycles.